The second kappa shape index (κ2) is 5.58. The maximum atomic E-state index is 4.44. The number of hydrogen-bond acceptors (Lipinski definition) is 3. The quantitative estimate of drug-likeness (QED) is 0.771. The molecule has 1 aliphatic rings. The van der Waals surface area contributed by atoms with Crippen LogP contribution in [0.4, 0.5) is 0 Å². The van der Waals surface area contributed by atoms with Gasteiger partial charge in [-0.3, -0.25) is 4.98 Å². The summed E-state index contributed by atoms with van der Waals surface area (Å²) < 4.78 is 0. The SMILES string of the molecule is c1ccc2c(CNC3CCCc4sccc43)ccnc2c1. The summed E-state index contributed by atoms with van der Waals surface area (Å²) in [5.41, 5.74) is 3.93. The molecule has 3 heteroatoms. The lowest BCUT2D eigenvalue weighted by Gasteiger charge is -2.24. The molecule has 106 valence electrons. The highest BCUT2D eigenvalue weighted by Crippen LogP contribution is 2.33. The van der Waals surface area contributed by atoms with Gasteiger partial charge in [0.25, 0.3) is 0 Å². The van der Waals surface area contributed by atoms with Gasteiger partial charge in [0.1, 0.15) is 0 Å². The Morgan fingerprint density at radius 3 is 3.14 bits per heavy atom. The summed E-state index contributed by atoms with van der Waals surface area (Å²) in [7, 11) is 0. The van der Waals surface area contributed by atoms with Crippen LogP contribution in [0.1, 0.15) is 34.9 Å². The predicted molar refractivity (Wildman–Crippen MR) is 88.6 cm³/mol. The molecular formula is C18H18N2S. The summed E-state index contributed by atoms with van der Waals surface area (Å²) >= 11 is 1.90. The number of aryl methyl sites for hydroxylation is 1. The lowest BCUT2D eigenvalue weighted by molar-refractivity contribution is 0.464. The zero-order valence-corrected chi connectivity index (χ0v) is 12.7. The van der Waals surface area contributed by atoms with Crippen LogP contribution in [-0.2, 0) is 13.0 Å². The first-order valence-electron chi connectivity index (χ1n) is 7.54. The van der Waals surface area contributed by atoms with Crippen molar-refractivity contribution in [2.75, 3.05) is 0 Å². The molecule has 1 aliphatic carbocycles. The van der Waals surface area contributed by atoms with Crippen LogP contribution in [0.3, 0.4) is 0 Å². The minimum absolute atomic E-state index is 0.506. The third-order valence-electron chi connectivity index (χ3n) is 4.33. The molecule has 2 nitrogen and oxygen atoms in total. The highest BCUT2D eigenvalue weighted by atomic mass is 32.1. The van der Waals surface area contributed by atoms with Crippen molar-refractivity contribution in [1.29, 1.82) is 0 Å². The van der Waals surface area contributed by atoms with Gasteiger partial charge in [-0.2, -0.15) is 0 Å². The van der Waals surface area contributed by atoms with E-state index in [1.165, 1.54) is 35.8 Å². The van der Waals surface area contributed by atoms with Crippen LogP contribution in [0.5, 0.6) is 0 Å². The summed E-state index contributed by atoms with van der Waals surface area (Å²) in [5, 5.41) is 7.24. The summed E-state index contributed by atoms with van der Waals surface area (Å²) in [5.74, 6) is 0. The molecule has 1 aromatic carbocycles. The average molecular weight is 294 g/mol. The third kappa shape index (κ3) is 2.47. The van der Waals surface area contributed by atoms with Crippen molar-refractivity contribution >= 4 is 22.2 Å². The summed E-state index contributed by atoms with van der Waals surface area (Å²) in [6.07, 6.45) is 5.70. The number of aromatic nitrogens is 1. The number of nitrogens with zero attached hydrogens (tertiary/aromatic N) is 1. The average Bonchev–Trinajstić information content (AvgIpc) is 3.02. The first kappa shape index (κ1) is 13.0. The number of rotatable bonds is 3. The van der Waals surface area contributed by atoms with Crippen molar-refractivity contribution < 1.29 is 0 Å². The van der Waals surface area contributed by atoms with E-state index in [-0.39, 0.29) is 0 Å². The fraction of sp³-hybridized carbons (Fsp3) is 0.278. The normalized spacial score (nSPS) is 17.8. The molecule has 0 fully saturated rings. The number of para-hydroxylation sites is 1. The Morgan fingerprint density at radius 1 is 1.19 bits per heavy atom. The molecule has 1 unspecified atom stereocenters. The largest absolute Gasteiger partial charge is 0.306 e. The zero-order valence-electron chi connectivity index (χ0n) is 11.9. The molecule has 1 N–H and O–H groups in total. The molecule has 1 atom stereocenters. The van der Waals surface area contributed by atoms with Crippen LogP contribution < -0.4 is 5.32 Å². The monoisotopic (exact) mass is 294 g/mol. The van der Waals surface area contributed by atoms with Gasteiger partial charge < -0.3 is 5.32 Å². The fourth-order valence-electron chi connectivity index (χ4n) is 3.24. The van der Waals surface area contributed by atoms with Gasteiger partial charge in [0.2, 0.25) is 0 Å². The number of pyridine rings is 1. The maximum Gasteiger partial charge on any atom is 0.0705 e. The van der Waals surface area contributed by atoms with Crippen molar-refractivity contribution in [1.82, 2.24) is 10.3 Å². The maximum absolute atomic E-state index is 4.44. The zero-order chi connectivity index (χ0) is 14.1. The van der Waals surface area contributed by atoms with E-state index in [4.69, 9.17) is 0 Å². The Hall–Kier alpha value is -1.71. The molecule has 0 saturated heterocycles. The molecule has 0 radical (unpaired) electrons. The van der Waals surface area contributed by atoms with Gasteiger partial charge in [0.15, 0.2) is 0 Å². The number of thiophene rings is 1. The number of fused-ring (bicyclic) bond motifs is 2. The van der Waals surface area contributed by atoms with E-state index in [0.717, 1.165) is 12.1 Å². The molecule has 2 heterocycles. The molecular weight excluding hydrogens is 276 g/mol. The Labute approximate surface area is 128 Å². The van der Waals surface area contributed by atoms with Gasteiger partial charge in [-0.1, -0.05) is 18.2 Å². The number of hydrogen-bond donors (Lipinski definition) is 1. The summed E-state index contributed by atoms with van der Waals surface area (Å²) in [6, 6.07) is 13.3. The Kier molecular flexibility index (Phi) is 3.45. The molecule has 4 rings (SSSR count). The predicted octanol–water partition coefficient (Wildman–Crippen LogP) is 4.46. The molecule has 21 heavy (non-hydrogen) atoms. The van der Waals surface area contributed by atoms with Crippen molar-refractivity contribution in [3.05, 3.63) is 64.0 Å². The van der Waals surface area contributed by atoms with Crippen molar-refractivity contribution in [2.24, 2.45) is 0 Å². The van der Waals surface area contributed by atoms with Crippen LogP contribution in [0.2, 0.25) is 0 Å². The van der Waals surface area contributed by atoms with E-state index < -0.39 is 0 Å². The van der Waals surface area contributed by atoms with Crippen molar-refractivity contribution in [3.63, 3.8) is 0 Å². The van der Waals surface area contributed by atoms with Crippen LogP contribution in [-0.4, -0.2) is 4.98 Å². The van der Waals surface area contributed by atoms with Crippen molar-refractivity contribution in [2.45, 2.75) is 31.8 Å². The smallest absolute Gasteiger partial charge is 0.0705 e. The molecule has 0 saturated carbocycles. The lowest BCUT2D eigenvalue weighted by atomic mass is 9.94. The van der Waals surface area contributed by atoms with Gasteiger partial charge in [0, 0.05) is 29.0 Å². The van der Waals surface area contributed by atoms with E-state index >= 15 is 0 Å². The molecule has 0 aliphatic heterocycles. The van der Waals surface area contributed by atoms with E-state index in [9.17, 15) is 0 Å². The Morgan fingerprint density at radius 2 is 2.14 bits per heavy atom. The standard InChI is InChI=1S/C18H18N2S/c1-2-5-16-14(4-1)13(8-10-19-16)12-20-17-6-3-7-18-15(17)9-11-21-18/h1-2,4-5,8-11,17,20H,3,6-7,12H2. The third-order valence-corrected chi connectivity index (χ3v) is 5.33. The van der Waals surface area contributed by atoms with E-state index in [1.54, 1.807) is 4.88 Å². The Bertz CT molecular complexity index is 757. The summed E-state index contributed by atoms with van der Waals surface area (Å²) in [6.45, 7) is 0.906. The van der Waals surface area contributed by atoms with E-state index in [2.05, 4.69) is 46.0 Å². The van der Waals surface area contributed by atoms with Gasteiger partial charge >= 0.3 is 0 Å². The van der Waals surface area contributed by atoms with E-state index in [1.807, 2.05) is 23.6 Å². The van der Waals surface area contributed by atoms with Gasteiger partial charge in [-0.15, -0.1) is 11.3 Å². The van der Waals surface area contributed by atoms with Gasteiger partial charge in [-0.05, 0) is 54.0 Å². The van der Waals surface area contributed by atoms with Gasteiger partial charge in [-0.25, -0.2) is 0 Å². The highest BCUT2D eigenvalue weighted by molar-refractivity contribution is 7.10. The van der Waals surface area contributed by atoms with Crippen LogP contribution in [0, 0.1) is 0 Å². The molecule has 2 aromatic heterocycles. The fourth-order valence-corrected chi connectivity index (χ4v) is 4.23. The number of nitrogens with one attached hydrogen (secondary N) is 1. The first-order valence-corrected chi connectivity index (χ1v) is 8.42. The second-order valence-electron chi connectivity index (χ2n) is 5.61. The van der Waals surface area contributed by atoms with Crippen LogP contribution >= 0.6 is 11.3 Å². The highest BCUT2D eigenvalue weighted by Gasteiger charge is 2.20. The second-order valence-corrected chi connectivity index (χ2v) is 6.61. The topological polar surface area (TPSA) is 24.9 Å². The number of benzene rings is 1. The minimum atomic E-state index is 0.506. The molecule has 0 bridgehead atoms. The first-order chi connectivity index (χ1) is 10.4. The van der Waals surface area contributed by atoms with Crippen LogP contribution in [0.25, 0.3) is 10.9 Å². The summed E-state index contributed by atoms with van der Waals surface area (Å²) in [4.78, 5) is 6.01. The van der Waals surface area contributed by atoms with Gasteiger partial charge in [0.05, 0.1) is 5.52 Å². The van der Waals surface area contributed by atoms with E-state index in [0.29, 0.717) is 6.04 Å². The van der Waals surface area contributed by atoms with Crippen LogP contribution in [0.15, 0.2) is 48.0 Å². The van der Waals surface area contributed by atoms with Crippen molar-refractivity contribution in [3.8, 4) is 0 Å². The molecule has 0 spiro atoms. The Balaban J connectivity index is 1.57. The lowest BCUT2D eigenvalue weighted by Crippen LogP contribution is -2.24. The minimum Gasteiger partial charge on any atom is -0.306 e. The molecule has 0 amide bonds. The molecule has 3 aromatic rings.